The molecular formula is C14H14ClNO4S. The maximum Gasteiger partial charge on any atom is 0.229 e. The van der Waals surface area contributed by atoms with Gasteiger partial charge in [0, 0.05) is 5.02 Å². The molecule has 112 valence electrons. The first-order valence-electron chi connectivity index (χ1n) is 5.97. The molecule has 0 radical (unpaired) electrons. The zero-order valence-corrected chi connectivity index (χ0v) is 13.0. The van der Waals surface area contributed by atoms with Crippen molar-refractivity contribution in [3.05, 3.63) is 47.5 Å². The summed E-state index contributed by atoms with van der Waals surface area (Å²) in [5.74, 6) is 1.34. The quantitative estimate of drug-likeness (QED) is 0.912. The minimum absolute atomic E-state index is 0.260. The number of hydrogen-bond donors (Lipinski definition) is 1. The smallest absolute Gasteiger partial charge is 0.229 e. The predicted octanol–water partition coefficient (Wildman–Crippen LogP) is 3.51. The monoisotopic (exact) mass is 327 g/mol. The Kier molecular flexibility index (Phi) is 4.59. The number of ether oxygens (including phenoxy) is 2. The van der Waals surface area contributed by atoms with Gasteiger partial charge in [-0.1, -0.05) is 23.7 Å². The molecule has 0 saturated carbocycles. The lowest BCUT2D eigenvalue weighted by atomic mass is 10.3. The van der Waals surface area contributed by atoms with Gasteiger partial charge in [0.1, 0.15) is 0 Å². The van der Waals surface area contributed by atoms with Gasteiger partial charge in [-0.15, -0.1) is 0 Å². The third kappa shape index (κ3) is 4.27. The van der Waals surface area contributed by atoms with Gasteiger partial charge in [0.2, 0.25) is 10.0 Å². The van der Waals surface area contributed by atoms with Crippen LogP contribution in [0.3, 0.4) is 0 Å². The third-order valence-electron chi connectivity index (χ3n) is 2.53. The molecule has 0 aliphatic carbocycles. The molecule has 2 aromatic rings. The summed E-state index contributed by atoms with van der Waals surface area (Å²) in [7, 11) is -1.92. The summed E-state index contributed by atoms with van der Waals surface area (Å²) in [4.78, 5) is 0. The summed E-state index contributed by atoms with van der Waals surface area (Å²) in [6, 6.07) is 11.7. The van der Waals surface area contributed by atoms with E-state index in [-0.39, 0.29) is 5.69 Å². The molecule has 21 heavy (non-hydrogen) atoms. The molecule has 0 fully saturated rings. The maximum atomic E-state index is 11.4. The first-order valence-corrected chi connectivity index (χ1v) is 8.24. The van der Waals surface area contributed by atoms with Crippen molar-refractivity contribution in [2.75, 3.05) is 18.1 Å². The van der Waals surface area contributed by atoms with E-state index in [0.717, 1.165) is 6.26 Å². The largest absolute Gasteiger partial charge is 0.493 e. The summed E-state index contributed by atoms with van der Waals surface area (Å²) >= 11 is 5.89. The molecule has 2 aromatic carbocycles. The minimum Gasteiger partial charge on any atom is -0.493 e. The number of nitrogens with one attached hydrogen (secondary N) is 1. The highest BCUT2D eigenvalue weighted by Gasteiger charge is 2.12. The molecule has 0 heterocycles. The second-order valence-corrected chi connectivity index (χ2v) is 6.45. The fourth-order valence-corrected chi connectivity index (χ4v) is 2.42. The van der Waals surface area contributed by atoms with Crippen molar-refractivity contribution < 1.29 is 17.9 Å². The Morgan fingerprint density at radius 3 is 2.33 bits per heavy atom. The molecule has 0 atom stereocenters. The molecule has 0 saturated heterocycles. The van der Waals surface area contributed by atoms with Crippen LogP contribution in [-0.4, -0.2) is 21.8 Å². The van der Waals surface area contributed by atoms with Crippen molar-refractivity contribution >= 4 is 27.3 Å². The van der Waals surface area contributed by atoms with Gasteiger partial charge < -0.3 is 9.47 Å². The summed E-state index contributed by atoms with van der Waals surface area (Å²) in [6.45, 7) is 0. The summed E-state index contributed by atoms with van der Waals surface area (Å²) in [5, 5.41) is 0.397. The molecule has 7 heteroatoms. The van der Waals surface area contributed by atoms with Crippen LogP contribution in [0, 0.1) is 0 Å². The highest BCUT2D eigenvalue weighted by Crippen LogP contribution is 2.36. The lowest BCUT2D eigenvalue weighted by molar-refractivity contribution is 0.379. The number of hydrogen-bond acceptors (Lipinski definition) is 4. The molecule has 1 N–H and O–H groups in total. The number of halogens is 1. The Bertz CT molecular complexity index is 746. The summed E-state index contributed by atoms with van der Waals surface area (Å²) < 4.78 is 36.1. The zero-order valence-electron chi connectivity index (χ0n) is 11.5. The van der Waals surface area contributed by atoms with Crippen molar-refractivity contribution in [1.29, 1.82) is 0 Å². The van der Waals surface area contributed by atoms with Crippen LogP contribution in [0.5, 0.6) is 17.2 Å². The van der Waals surface area contributed by atoms with E-state index in [2.05, 4.69) is 4.72 Å². The molecular weight excluding hydrogens is 314 g/mol. The summed E-state index contributed by atoms with van der Waals surface area (Å²) in [5.41, 5.74) is 0.260. The number of para-hydroxylation sites is 2. The van der Waals surface area contributed by atoms with Gasteiger partial charge in [0.15, 0.2) is 17.2 Å². The Balaban J connectivity index is 2.40. The van der Waals surface area contributed by atoms with Crippen LogP contribution < -0.4 is 14.2 Å². The van der Waals surface area contributed by atoms with Gasteiger partial charge in [0.25, 0.3) is 0 Å². The molecule has 0 amide bonds. The third-order valence-corrected chi connectivity index (χ3v) is 3.35. The van der Waals surface area contributed by atoms with E-state index in [0.29, 0.717) is 22.3 Å². The van der Waals surface area contributed by atoms with Crippen molar-refractivity contribution in [1.82, 2.24) is 0 Å². The van der Waals surface area contributed by atoms with Crippen LogP contribution in [0.25, 0.3) is 0 Å². The highest BCUT2D eigenvalue weighted by atomic mass is 35.5. The number of rotatable bonds is 5. The molecule has 0 unspecified atom stereocenters. The van der Waals surface area contributed by atoms with E-state index in [1.807, 2.05) is 6.07 Å². The second-order valence-electron chi connectivity index (χ2n) is 4.27. The molecule has 0 bridgehead atoms. The predicted molar refractivity (Wildman–Crippen MR) is 83.0 cm³/mol. The normalized spacial score (nSPS) is 11.0. The molecule has 0 aromatic heterocycles. The fourth-order valence-electron chi connectivity index (χ4n) is 1.69. The van der Waals surface area contributed by atoms with E-state index >= 15 is 0 Å². The van der Waals surface area contributed by atoms with Crippen LogP contribution in [0.15, 0.2) is 42.5 Å². The molecule has 2 rings (SSSR count). The van der Waals surface area contributed by atoms with E-state index in [9.17, 15) is 8.42 Å². The summed E-state index contributed by atoms with van der Waals surface area (Å²) in [6.07, 6.45) is 1.06. The maximum absolute atomic E-state index is 11.4. The Morgan fingerprint density at radius 1 is 1.05 bits per heavy atom. The number of anilines is 1. The first kappa shape index (κ1) is 15.5. The lowest BCUT2D eigenvalue weighted by Crippen LogP contribution is -2.10. The van der Waals surface area contributed by atoms with E-state index in [1.165, 1.54) is 13.2 Å². The first-order chi connectivity index (χ1) is 9.89. The van der Waals surface area contributed by atoms with Crippen LogP contribution in [0.1, 0.15) is 0 Å². The molecule has 5 nitrogen and oxygen atoms in total. The second kappa shape index (κ2) is 6.24. The SMILES string of the molecule is COc1ccccc1Oc1ccc(Cl)cc1NS(C)(=O)=O. The Morgan fingerprint density at radius 2 is 1.71 bits per heavy atom. The zero-order chi connectivity index (χ0) is 15.5. The molecule has 0 spiro atoms. The van der Waals surface area contributed by atoms with E-state index < -0.39 is 10.0 Å². The van der Waals surface area contributed by atoms with Gasteiger partial charge in [-0.3, -0.25) is 4.72 Å². The average molecular weight is 328 g/mol. The van der Waals surface area contributed by atoms with E-state index in [1.54, 1.807) is 30.3 Å². The number of methoxy groups -OCH3 is 1. The Hall–Kier alpha value is -1.92. The van der Waals surface area contributed by atoms with Gasteiger partial charge in [-0.2, -0.15) is 0 Å². The van der Waals surface area contributed by atoms with E-state index in [4.69, 9.17) is 21.1 Å². The van der Waals surface area contributed by atoms with Gasteiger partial charge in [-0.05, 0) is 30.3 Å². The average Bonchev–Trinajstić information content (AvgIpc) is 2.40. The van der Waals surface area contributed by atoms with Crippen LogP contribution in [-0.2, 0) is 10.0 Å². The van der Waals surface area contributed by atoms with Crippen molar-refractivity contribution in [3.63, 3.8) is 0 Å². The van der Waals surface area contributed by atoms with Crippen LogP contribution in [0.2, 0.25) is 5.02 Å². The number of benzene rings is 2. The van der Waals surface area contributed by atoms with Crippen LogP contribution in [0.4, 0.5) is 5.69 Å². The van der Waals surface area contributed by atoms with Crippen molar-refractivity contribution in [2.45, 2.75) is 0 Å². The number of sulfonamides is 1. The molecule has 0 aliphatic heterocycles. The highest BCUT2D eigenvalue weighted by molar-refractivity contribution is 7.92. The van der Waals surface area contributed by atoms with Gasteiger partial charge in [-0.25, -0.2) is 8.42 Å². The topological polar surface area (TPSA) is 64.6 Å². The van der Waals surface area contributed by atoms with Gasteiger partial charge >= 0.3 is 0 Å². The lowest BCUT2D eigenvalue weighted by Gasteiger charge is -2.14. The van der Waals surface area contributed by atoms with Crippen LogP contribution >= 0.6 is 11.6 Å². The van der Waals surface area contributed by atoms with Gasteiger partial charge in [0.05, 0.1) is 19.1 Å². The minimum atomic E-state index is -3.44. The molecule has 0 aliphatic rings. The fraction of sp³-hybridized carbons (Fsp3) is 0.143. The van der Waals surface area contributed by atoms with Crippen molar-refractivity contribution in [3.8, 4) is 17.2 Å². The van der Waals surface area contributed by atoms with Crippen molar-refractivity contribution in [2.24, 2.45) is 0 Å². The standard InChI is InChI=1S/C14H14ClNO4S/c1-19-13-5-3-4-6-14(13)20-12-8-7-10(15)9-11(12)16-21(2,17)18/h3-9,16H,1-2H3. The Labute approximate surface area is 128 Å².